The Morgan fingerprint density at radius 2 is 1.95 bits per heavy atom. The van der Waals surface area contributed by atoms with Gasteiger partial charge in [0.1, 0.15) is 0 Å². The van der Waals surface area contributed by atoms with E-state index in [2.05, 4.69) is 38.7 Å². The van der Waals surface area contributed by atoms with Crippen molar-refractivity contribution in [2.45, 2.75) is 38.1 Å². The number of piperidine rings is 1. The summed E-state index contributed by atoms with van der Waals surface area (Å²) in [6.45, 7) is 0.461. The van der Waals surface area contributed by atoms with E-state index in [4.69, 9.17) is 0 Å². The summed E-state index contributed by atoms with van der Waals surface area (Å²) in [5.41, 5.74) is 1.17. The van der Waals surface area contributed by atoms with Gasteiger partial charge >= 0.3 is 0 Å². The summed E-state index contributed by atoms with van der Waals surface area (Å²) in [5.74, 6) is 0.548. The average Bonchev–Trinajstić information content (AvgIpc) is 2.46. The second-order valence-corrected chi connectivity index (χ2v) is 7.18. The van der Waals surface area contributed by atoms with Crippen molar-refractivity contribution < 1.29 is 9.59 Å². The molecule has 0 aromatic heterocycles. The Balaban J connectivity index is 1.68. The molecule has 1 aromatic carbocycles. The molecule has 2 aliphatic rings. The van der Waals surface area contributed by atoms with Gasteiger partial charge in [-0.1, -0.05) is 34.5 Å². The number of nitrogens with one attached hydrogen (secondary N) is 2. The summed E-state index contributed by atoms with van der Waals surface area (Å²) in [6, 6.07) is 8.29. The van der Waals surface area contributed by atoms with Gasteiger partial charge in [-0.3, -0.25) is 9.59 Å². The Hall–Kier alpha value is -1.36. The second-order valence-electron chi connectivity index (χ2n) is 6.27. The Bertz CT molecular complexity index is 544. The van der Waals surface area contributed by atoms with Crippen molar-refractivity contribution in [3.05, 3.63) is 34.3 Å². The summed E-state index contributed by atoms with van der Waals surface area (Å²) in [6.07, 6.45) is 4.68. The molecule has 5 heteroatoms. The minimum atomic E-state index is -0.101. The van der Waals surface area contributed by atoms with Crippen LogP contribution in [0.1, 0.15) is 43.7 Å². The fourth-order valence-corrected chi connectivity index (χ4v) is 3.41. The highest BCUT2D eigenvalue weighted by molar-refractivity contribution is 9.10. The highest BCUT2D eigenvalue weighted by Crippen LogP contribution is 2.38. The van der Waals surface area contributed by atoms with Crippen LogP contribution in [0.4, 0.5) is 0 Å². The Labute approximate surface area is 139 Å². The molecule has 0 radical (unpaired) electrons. The van der Waals surface area contributed by atoms with Crippen molar-refractivity contribution in [3.8, 4) is 0 Å². The predicted octanol–water partition coefficient (Wildman–Crippen LogP) is 2.93. The van der Waals surface area contributed by atoms with Crippen molar-refractivity contribution in [1.82, 2.24) is 10.6 Å². The van der Waals surface area contributed by atoms with Gasteiger partial charge in [0, 0.05) is 17.4 Å². The molecule has 1 aromatic rings. The lowest BCUT2D eigenvalue weighted by Crippen LogP contribution is -2.45. The summed E-state index contributed by atoms with van der Waals surface area (Å²) < 4.78 is 1.05. The number of amides is 2. The van der Waals surface area contributed by atoms with Crippen LogP contribution in [0, 0.1) is 11.8 Å². The topological polar surface area (TPSA) is 58.2 Å². The van der Waals surface area contributed by atoms with Gasteiger partial charge in [-0.2, -0.15) is 0 Å². The third kappa shape index (κ3) is 3.51. The lowest BCUT2D eigenvalue weighted by molar-refractivity contribution is -0.129. The largest absolute Gasteiger partial charge is 0.355 e. The number of halogens is 1. The maximum Gasteiger partial charge on any atom is 0.225 e. The first-order valence-electron chi connectivity index (χ1n) is 7.96. The second kappa shape index (κ2) is 6.82. The van der Waals surface area contributed by atoms with Crippen LogP contribution in [-0.4, -0.2) is 18.4 Å². The van der Waals surface area contributed by atoms with Crippen molar-refractivity contribution in [2.75, 3.05) is 6.54 Å². The molecule has 0 unspecified atom stereocenters. The maximum atomic E-state index is 12.5. The minimum absolute atomic E-state index is 0.0486. The van der Waals surface area contributed by atoms with Crippen LogP contribution in [0.5, 0.6) is 0 Å². The quantitative estimate of drug-likeness (QED) is 0.862. The molecule has 2 N–H and O–H groups in total. The number of carbonyl (C=O) groups excluding carboxylic acids is 2. The van der Waals surface area contributed by atoms with Crippen LogP contribution in [0.2, 0.25) is 0 Å². The molecule has 3 rings (SSSR count). The molecule has 118 valence electrons. The number of carbonyl (C=O) groups is 2. The van der Waals surface area contributed by atoms with E-state index in [0.717, 1.165) is 4.47 Å². The number of hydrogen-bond acceptors (Lipinski definition) is 2. The normalized spacial score (nSPS) is 23.3. The molecule has 22 heavy (non-hydrogen) atoms. The molecular weight excluding hydrogens is 344 g/mol. The Morgan fingerprint density at radius 3 is 2.50 bits per heavy atom. The lowest BCUT2D eigenvalue weighted by Gasteiger charge is -2.36. The lowest BCUT2D eigenvalue weighted by atomic mass is 9.77. The SMILES string of the molecule is O=C1CC[C@H](C(=O)N[C@H](c2ccc(Br)cc2)C2CCC2)CN1. The van der Waals surface area contributed by atoms with Gasteiger partial charge in [0.25, 0.3) is 0 Å². The van der Waals surface area contributed by atoms with Crippen molar-refractivity contribution >= 4 is 27.7 Å². The molecule has 1 aliphatic heterocycles. The van der Waals surface area contributed by atoms with Crippen molar-refractivity contribution in [3.63, 3.8) is 0 Å². The molecule has 1 saturated carbocycles. The smallest absolute Gasteiger partial charge is 0.225 e. The standard InChI is InChI=1S/C17H21BrN2O2/c18-14-7-4-12(5-8-14)16(11-2-1-3-11)20-17(22)13-6-9-15(21)19-10-13/h4-5,7-8,11,13,16H,1-3,6,9-10H2,(H,19,21)(H,20,22)/t13-,16-/m0/s1. The maximum absolute atomic E-state index is 12.5. The fourth-order valence-electron chi connectivity index (χ4n) is 3.14. The van der Waals surface area contributed by atoms with Gasteiger partial charge < -0.3 is 10.6 Å². The van der Waals surface area contributed by atoms with E-state index in [-0.39, 0.29) is 23.8 Å². The van der Waals surface area contributed by atoms with Crippen LogP contribution in [0.15, 0.2) is 28.7 Å². The zero-order chi connectivity index (χ0) is 15.5. The number of benzene rings is 1. The molecule has 0 spiro atoms. The Morgan fingerprint density at radius 1 is 1.23 bits per heavy atom. The highest BCUT2D eigenvalue weighted by atomic mass is 79.9. The van der Waals surface area contributed by atoms with E-state index < -0.39 is 0 Å². The number of hydrogen-bond donors (Lipinski definition) is 2. The van der Waals surface area contributed by atoms with E-state index in [9.17, 15) is 9.59 Å². The van der Waals surface area contributed by atoms with E-state index in [1.165, 1.54) is 24.8 Å². The fraction of sp³-hybridized carbons (Fsp3) is 0.529. The third-order valence-corrected chi connectivity index (χ3v) is 5.31. The molecular formula is C17H21BrN2O2. The zero-order valence-electron chi connectivity index (χ0n) is 12.5. The van der Waals surface area contributed by atoms with Crippen molar-refractivity contribution in [1.29, 1.82) is 0 Å². The van der Waals surface area contributed by atoms with Crippen molar-refractivity contribution in [2.24, 2.45) is 11.8 Å². The number of rotatable bonds is 4. The molecule has 2 fully saturated rings. The first-order chi connectivity index (χ1) is 10.6. The monoisotopic (exact) mass is 364 g/mol. The van der Waals surface area contributed by atoms with E-state index >= 15 is 0 Å². The van der Waals surface area contributed by atoms with E-state index in [1.54, 1.807) is 0 Å². The third-order valence-electron chi connectivity index (χ3n) is 4.78. The molecule has 0 bridgehead atoms. The van der Waals surface area contributed by atoms with E-state index in [1.807, 2.05) is 12.1 Å². The molecule has 1 aliphatic carbocycles. The molecule has 1 heterocycles. The average molecular weight is 365 g/mol. The first kappa shape index (κ1) is 15.5. The summed E-state index contributed by atoms with van der Waals surface area (Å²) >= 11 is 3.45. The van der Waals surface area contributed by atoms with Gasteiger partial charge in [0.15, 0.2) is 0 Å². The zero-order valence-corrected chi connectivity index (χ0v) is 14.1. The highest BCUT2D eigenvalue weighted by Gasteiger charge is 2.32. The predicted molar refractivity (Wildman–Crippen MR) is 88.1 cm³/mol. The minimum Gasteiger partial charge on any atom is -0.355 e. The van der Waals surface area contributed by atoms with Crippen LogP contribution in [0.25, 0.3) is 0 Å². The van der Waals surface area contributed by atoms with Crippen LogP contribution in [-0.2, 0) is 9.59 Å². The van der Waals surface area contributed by atoms with Gasteiger partial charge in [-0.05, 0) is 42.9 Å². The van der Waals surface area contributed by atoms with Gasteiger partial charge in [0.2, 0.25) is 11.8 Å². The van der Waals surface area contributed by atoms with Crippen LogP contribution in [0.3, 0.4) is 0 Å². The first-order valence-corrected chi connectivity index (χ1v) is 8.75. The van der Waals surface area contributed by atoms with Gasteiger partial charge in [0.05, 0.1) is 12.0 Å². The molecule has 2 amide bonds. The summed E-state index contributed by atoms with van der Waals surface area (Å²) in [4.78, 5) is 23.8. The summed E-state index contributed by atoms with van der Waals surface area (Å²) in [5, 5.41) is 6.02. The Kier molecular flexibility index (Phi) is 4.81. The molecule has 2 atom stereocenters. The van der Waals surface area contributed by atoms with Gasteiger partial charge in [-0.15, -0.1) is 0 Å². The molecule has 4 nitrogen and oxygen atoms in total. The van der Waals surface area contributed by atoms with Crippen LogP contribution >= 0.6 is 15.9 Å². The van der Waals surface area contributed by atoms with E-state index in [0.29, 0.717) is 25.3 Å². The van der Waals surface area contributed by atoms with Crippen LogP contribution < -0.4 is 10.6 Å². The molecule has 1 saturated heterocycles. The summed E-state index contributed by atoms with van der Waals surface area (Å²) in [7, 11) is 0. The van der Waals surface area contributed by atoms with Gasteiger partial charge in [-0.25, -0.2) is 0 Å².